The topological polar surface area (TPSA) is 124 Å². The monoisotopic (exact) mass is 423 g/mol. The number of carbonyl (C=O) groups excluding carboxylic acids is 3. The molecule has 9 heteroatoms. The number of hydrogen-bond acceptors (Lipinski definition) is 6. The van der Waals surface area contributed by atoms with Crippen molar-refractivity contribution < 1.29 is 19.1 Å². The first-order chi connectivity index (χ1) is 15.0. The second-order valence-corrected chi connectivity index (χ2v) is 6.44. The van der Waals surface area contributed by atoms with Gasteiger partial charge in [-0.25, -0.2) is 0 Å². The third-order valence-corrected chi connectivity index (χ3v) is 4.27. The number of nitrogens with zero attached hydrogens (tertiary/aromatic N) is 2. The van der Waals surface area contributed by atoms with Gasteiger partial charge in [-0.2, -0.15) is 5.26 Å². The number of carbonyl (C=O) groups is 3. The molecule has 0 saturated heterocycles. The lowest BCUT2D eigenvalue weighted by Crippen LogP contribution is -2.44. The summed E-state index contributed by atoms with van der Waals surface area (Å²) in [6.07, 6.45) is 0.0263. The maximum Gasteiger partial charge on any atom is 0.257 e. The quantitative estimate of drug-likeness (QED) is 0.502. The second-order valence-electron chi connectivity index (χ2n) is 6.44. The van der Waals surface area contributed by atoms with Crippen LogP contribution in [0, 0.1) is 11.3 Å². The molecule has 0 atom stereocenters. The van der Waals surface area contributed by atoms with Gasteiger partial charge in [-0.3, -0.25) is 25.2 Å². The van der Waals surface area contributed by atoms with E-state index in [2.05, 4.69) is 16.2 Å². The van der Waals surface area contributed by atoms with E-state index in [0.29, 0.717) is 17.1 Å². The molecular formula is C22H25N5O4. The number of amides is 3. The Kier molecular flexibility index (Phi) is 9.36. The van der Waals surface area contributed by atoms with Crippen molar-refractivity contribution in [3.63, 3.8) is 0 Å². The zero-order valence-electron chi connectivity index (χ0n) is 17.3. The van der Waals surface area contributed by atoms with E-state index in [0.717, 1.165) is 0 Å². The zero-order valence-corrected chi connectivity index (χ0v) is 17.3. The molecule has 162 valence electrons. The van der Waals surface area contributed by atoms with Crippen LogP contribution in [-0.4, -0.2) is 37.9 Å². The molecule has 9 nitrogen and oxygen atoms in total. The minimum absolute atomic E-state index is 0.0541. The molecule has 0 radical (unpaired) electrons. The van der Waals surface area contributed by atoms with Crippen LogP contribution in [0.3, 0.4) is 0 Å². The van der Waals surface area contributed by atoms with Gasteiger partial charge >= 0.3 is 0 Å². The van der Waals surface area contributed by atoms with Gasteiger partial charge in [0.2, 0.25) is 11.8 Å². The minimum Gasteiger partial charge on any atom is -0.495 e. The molecule has 3 N–H and O–H groups in total. The molecule has 2 aromatic rings. The normalized spacial score (nSPS) is 9.81. The highest BCUT2D eigenvalue weighted by molar-refractivity contribution is 5.95. The maximum absolute atomic E-state index is 12.5. The Labute approximate surface area is 181 Å². The Balaban J connectivity index is 1.76. The van der Waals surface area contributed by atoms with Crippen molar-refractivity contribution in [3.05, 3.63) is 54.6 Å². The molecule has 0 fully saturated rings. The fraction of sp³-hybridized carbons (Fsp3) is 0.273. The van der Waals surface area contributed by atoms with Crippen LogP contribution < -0.4 is 25.8 Å². The maximum atomic E-state index is 12.5. The van der Waals surface area contributed by atoms with Crippen LogP contribution in [0.5, 0.6) is 5.75 Å². The van der Waals surface area contributed by atoms with E-state index in [4.69, 9.17) is 10.00 Å². The zero-order chi connectivity index (χ0) is 22.5. The number of methoxy groups -OCH3 is 1. The average molecular weight is 423 g/mol. The van der Waals surface area contributed by atoms with E-state index in [1.165, 1.54) is 12.0 Å². The van der Waals surface area contributed by atoms with Gasteiger partial charge in [0, 0.05) is 25.1 Å². The molecule has 0 aliphatic carbocycles. The number of ether oxygens (including phenoxy) is 1. The lowest BCUT2D eigenvalue weighted by Gasteiger charge is -2.21. The highest BCUT2D eigenvalue weighted by atomic mass is 16.5. The Bertz CT molecular complexity index is 927. The Hall–Kier alpha value is -4.06. The first-order valence-corrected chi connectivity index (χ1v) is 9.72. The predicted octanol–water partition coefficient (Wildman–Crippen LogP) is 1.98. The number of hydrogen-bond donors (Lipinski definition) is 3. The van der Waals surface area contributed by atoms with Gasteiger partial charge in [0.25, 0.3) is 5.91 Å². The minimum atomic E-state index is -0.493. The van der Waals surface area contributed by atoms with Crippen molar-refractivity contribution in [2.24, 2.45) is 0 Å². The van der Waals surface area contributed by atoms with Crippen LogP contribution >= 0.6 is 0 Å². The lowest BCUT2D eigenvalue weighted by molar-refractivity contribution is -0.129. The molecule has 0 bridgehead atoms. The number of nitrogens with one attached hydrogen (secondary N) is 3. The Morgan fingerprint density at radius 3 is 2.35 bits per heavy atom. The van der Waals surface area contributed by atoms with Crippen LogP contribution in [0.15, 0.2) is 54.6 Å². The van der Waals surface area contributed by atoms with Crippen molar-refractivity contribution in [2.45, 2.75) is 19.3 Å². The van der Waals surface area contributed by atoms with Gasteiger partial charge in [0.15, 0.2) is 0 Å². The second kappa shape index (κ2) is 12.5. The third-order valence-electron chi connectivity index (χ3n) is 4.27. The van der Waals surface area contributed by atoms with Gasteiger partial charge in [-0.05, 0) is 24.3 Å². The summed E-state index contributed by atoms with van der Waals surface area (Å²) in [5.41, 5.74) is 5.91. The molecule has 0 aliphatic heterocycles. The SMILES string of the molecule is COc1ccccc1NCC(=O)NNC(=O)CCC(=O)N(CCC#N)c1ccccc1. The highest BCUT2D eigenvalue weighted by Gasteiger charge is 2.17. The number of para-hydroxylation sites is 3. The summed E-state index contributed by atoms with van der Waals surface area (Å²) in [7, 11) is 1.53. The molecule has 31 heavy (non-hydrogen) atoms. The molecule has 0 aliphatic rings. The molecule has 0 unspecified atom stereocenters. The van der Waals surface area contributed by atoms with Gasteiger partial charge in [-0.15, -0.1) is 0 Å². The summed E-state index contributed by atoms with van der Waals surface area (Å²) in [6.45, 7) is 0.169. The fourth-order valence-corrected chi connectivity index (χ4v) is 2.74. The van der Waals surface area contributed by atoms with Crippen molar-refractivity contribution in [1.82, 2.24) is 10.9 Å². The van der Waals surface area contributed by atoms with E-state index in [-0.39, 0.29) is 38.3 Å². The summed E-state index contributed by atoms with van der Waals surface area (Å²) in [5.74, 6) is -0.629. The Morgan fingerprint density at radius 1 is 0.968 bits per heavy atom. The van der Waals surface area contributed by atoms with Gasteiger partial charge in [0.05, 0.1) is 31.8 Å². The number of benzene rings is 2. The lowest BCUT2D eigenvalue weighted by atomic mass is 10.2. The van der Waals surface area contributed by atoms with E-state index in [9.17, 15) is 14.4 Å². The fourth-order valence-electron chi connectivity index (χ4n) is 2.74. The molecule has 2 aromatic carbocycles. The number of hydrazine groups is 1. The van der Waals surface area contributed by atoms with Crippen LogP contribution in [0.4, 0.5) is 11.4 Å². The van der Waals surface area contributed by atoms with E-state index >= 15 is 0 Å². The predicted molar refractivity (Wildman–Crippen MR) is 116 cm³/mol. The van der Waals surface area contributed by atoms with E-state index in [1.54, 1.807) is 42.5 Å². The summed E-state index contributed by atoms with van der Waals surface area (Å²) in [6, 6.07) is 18.1. The van der Waals surface area contributed by atoms with Crippen molar-refractivity contribution in [3.8, 4) is 11.8 Å². The number of nitriles is 1. The van der Waals surface area contributed by atoms with E-state index in [1.807, 2.05) is 18.2 Å². The van der Waals surface area contributed by atoms with Crippen LogP contribution in [0.25, 0.3) is 0 Å². The number of anilines is 2. The molecule has 3 amide bonds. The highest BCUT2D eigenvalue weighted by Crippen LogP contribution is 2.22. The van der Waals surface area contributed by atoms with Crippen molar-refractivity contribution in [1.29, 1.82) is 5.26 Å². The molecular weight excluding hydrogens is 398 g/mol. The van der Waals surface area contributed by atoms with Crippen LogP contribution in [0.2, 0.25) is 0 Å². The summed E-state index contributed by atoms with van der Waals surface area (Å²) >= 11 is 0. The summed E-state index contributed by atoms with van der Waals surface area (Å²) in [4.78, 5) is 38.0. The largest absolute Gasteiger partial charge is 0.495 e. The van der Waals surface area contributed by atoms with Crippen LogP contribution in [0.1, 0.15) is 19.3 Å². The van der Waals surface area contributed by atoms with Crippen LogP contribution in [-0.2, 0) is 14.4 Å². The van der Waals surface area contributed by atoms with Gasteiger partial charge in [-0.1, -0.05) is 30.3 Å². The standard InChI is InChI=1S/C22H25N5O4/c1-31-19-11-6-5-10-18(19)24-16-21(29)26-25-20(28)12-13-22(30)27(15-7-14-23)17-8-3-2-4-9-17/h2-6,8-11,24H,7,12-13,15-16H2,1H3,(H,25,28)(H,26,29). The smallest absolute Gasteiger partial charge is 0.257 e. The summed E-state index contributed by atoms with van der Waals surface area (Å²) in [5, 5.41) is 11.7. The molecule has 0 aromatic heterocycles. The molecule has 2 rings (SSSR count). The third kappa shape index (κ3) is 7.70. The molecule has 0 heterocycles. The average Bonchev–Trinajstić information content (AvgIpc) is 2.81. The molecule has 0 spiro atoms. The van der Waals surface area contributed by atoms with Crippen molar-refractivity contribution in [2.75, 3.05) is 30.4 Å². The Morgan fingerprint density at radius 2 is 1.65 bits per heavy atom. The molecule has 0 saturated carbocycles. The van der Waals surface area contributed by atoms with Gasteiger partial charge in [0.1, 0.15) is 5.75 Å². The first-order valence-electron chi connectivity index (χ1n) is 9.72. The van der Waals surface area contributed by atoms with Crippen molar-refractivity contribution >= 4 is 29.1 Å². The summed E-state index contributed by atoms with van der Waals surface area (Å²) < 4.78 is 5.19. The number of rotatable bonds is 10. The van der Waals surface area contributed by atoms with Gasteiger partial charge < -0.3 is 15.0 Å². The first kappa shape index (κ1) is 23.2. The van der Waals surface area contributed by atoms with E-state index < -0.39 is 11.8 Å².